The molecule has 0 saturated carbocycles. The van der Waals surface area contributed by atoms with Crippen LogP contribution in [0.3, 0.4) is 0 Å². The van der Waals surface area contributed by atoms with Crippen molar-refractivity contribution in [1.29, 1.82) is 0 Å². The van der Waals surface area contributed by atoms with Crippen LogP contribution in [0.4, 0.5) is 10.1 Å². The number of aliphatic hydroxyl groups excluding tert-OH is 1. The minimum Gasteiger partial charge on any atom is -0.394 e. The Kier molecular flexibility index (Phi) is 9.61. The molecule has 2 atom stereocenters. The second-order valence-corrected chi connectivity index (χ2v) is 11.6. The summed E-state index contributed by atoms with van der Waals surface area (Å²) in [7, 11) is -2.20. The van der Waals surface area contributed by atoms with Crippen molar-refractivity contribution in [1.82, 2.24) is 5.32 Å². The minimum absolute atomic E-state index is 0.0347. The number of nitrogens with zero attached hydrogens (tertiary/aromatic N) is 1. The van der Waals surface area contributed by atoms with E-state index >= 15 is 0 Å². The first-order valence-corrected chi connectivity index (χ1v) is 13.9. The molecule has 3 rings (SSSR count). The Hall–Kier alpha value is -3.31. The van der Waals surface area contributed by atoms with E-state index in [4.69, 9.17) is 10.5 Å². The second kappa shape index (κ2) is 12.5. The molecule has 0 aliphatic heterocycles. The number of halogens is 1. The lowest BCUT2D eigenvalue weighted by Gasteiger charge is -2.27. The number of hydrogen-bond acceptors (Lipinski definition) is 6. The van der Waals surface area contributed by atoms with Crippen molar-refractivity contribution in [2.75, 3.05) is 30.8 Å². The monoisotopic (exact) mass is 543 g/mol. The molecule has 10 heteroatoms. The Morgan fingerprint density at radius 3 is 2.37 bits per heavy atom. The predicted octanol–water partition coefficient (Wildman–Crippen LogP) is 3.16. The lowest BCUT2D eigenvalue weighted by molar-refractivity contribution is 0.0457. The Balaban J connectivity index is 1.79. The van der Waals surface area contributed by atoms with E-state index < -0.39 is 27.5 Å². The summed E-state index contributed by atoms with van der Waals surface area (Å²) in [5, 5.41) is 12.8. The highest BCUT2D eigenvalue weighted by atomic mass is 32.2. The fraction of sp³-hybridized carbons (Fsp3) is 0.321. The van der Waals surface area contributed by atoms with Crippen molar-refractivity contribution in [3.05, 3.63) is 101 Å². The molecule has 0 saturated heterocycles. The molecule has 0 heterocycles. The summed E-state index contributed by atoms with van der Waals surface area (Å²) >= 11 is 0. The molecule has 1 unspecified atom stereocenters. The van der Waals surface area contributed by atoms with Gasteiger partial charge in [0.1, 0.15) is 5.82 Å². The van der Waals surface area contributed by atoms with Gasteiger partial charge in [0.15, 0.2) is 0 Å². The molecule has 0 bridgehead atoms. The molecule has 3 aromatic rings. The van der Waals surface area contributed by atoms with Gasteiger partial charge in [-0.15, -0.1) is 0 Å². The van der Waals surface area contributed by atoms with Gasteiger partial charge in [-0.2, -0.15) is 0 Å². The smallest absolute Gasteiger partial charge is 0.251 e. The fourth-order valence-corrected chi connectivity index (χ4v) is 4.39. The van der Waals surface area contributed by atoms with Crippen LogP contribution in [0.5, 0.6) is 0 Å². The summed E-state index contributed by atoms with van der Waals surface area (Å²) in [6, 6.07) is 19.6. The summed E-state index contributed by atoms with van der Waals surface area (Å²) in [6.07, 6.45) is 1.47. The van der Waals surface area contributed by atoms with E-state index in [9.17, 15) is 22.7 Å². The van der Waals surface area contributed by atoms with Crippen molar-refractivity contribution in [3.63, 3.8) is 0 Å². The largest absolute Gasteiger partial charge is 0.394 e. The zero-order chi connectivity index (χ0) is 27.9. The summed E-state index contributed by atoms with van der Waals surface area (Å²) in [6.45, 7) is 1.54. The van der Waals surface area contributed by atoms with Gasteiger partial charge in [-0.25, -0.2) is 12.8 Å². The average Bonchev–Trinajstić information content (AvgIpc) is 2.88. The highest BCUT2D eigenvalue weighted by Gasteiger charge is 2.25. The van der Waals surface area contributed by atoms with Crippen molar-refractivity contribution >= 4 is 21.6 Å². The molecule has 0 aliphatic carbocycles. The quantitative estimate of drug-likeness (QED) is 0.323. The standard InChI is InChI=1S/C28H34FN3O5S/c1-20(23-9-11-25(29)12-10-23)31-27(34)24-13-22(14-26(15-24)32(2)38(3,35)36)17-37-19-28(30,18-33)16-21-7-5-4-6-8-21/h4-15,20,33H,16-19,30H2,1-3H3,(H,31,34)/t20-,28?/m1/s1. The number of nitrogens with two attached hydrogens (primary N) is 1. The van der Waals surface area contributed by atoms with Gasteiger partial charge in [-0.1, -0.05) is 42.5 Å². The maximum absolute atomic E-state index is 13.3. The van der Waals surface area contributed by atoms with Crippen LogP contribution in [0.1, 0.15) is 40.0 Å². The molecule has 1 amide bonds. The number of ether oxygens (including phenoxy) is 1. The van der Waals surface area contributed by atoms with Crippen molar-refractivity contribution in [2.24, 2.45) is 5.73 Å². The van der Waals surface area contributed by atoms with Gasteiger partial charge >= 0.3 is 0 Å². The Bertz CT molecular complexity index is 1340. The van der Waals surface area contributed by atoms with Gasteiger partial charge in [0.25, 0.3) is 5.91 Å². The number of anilines is 1. The molecular weight excluding hydrogens is 509 g/mol. The number of benzene rings is 3. The van der Waals surface area contributed by atoms with Crippen LogP contribution in [0.25, 0.3) is 0 Å². The zero-order valence-electron chi connectivity index (χ0n) is 21.7. The van der Waals surface area contributed by atoms with E-state index in [0.717, 1.165) is 21.7 Å². The number of carbonyl (C=O) groups excluding carboxylic acids is 1. The molecule has 3 aromatic carbocycles. The SMILES string of the molecule is C[C@@H](NC(=O)c1cc(COCC(N)(CO)Cc2ccccc2)cc(N(C)S(C)(=O)=O)c1)c1ccc(F)cc1. The lowest BCUT2D eigenvalue weighted by Crippen LogP contribution is -2.50. The molecule has 8 nitrogen and oxygen atoms in total. The second-order valence-electron chi connectivity index (χ2n) is 9.54. The van der Waals surface area contributed by atoms with E-state index in [1.807, 2.05) is 30.3 Å². The number of nitrogens with one attached hydrogen (secondary N) is 1. The molecule has 204 valence electrons. The van der Waals surface area contributed by atoms with E-state index in [-0.39, 0.29) is 31.2 Å². The minimum atomic E-state index is -3.60. The average molecular weight is 544 g/mol. The normalized spacial score (nSPS) is 13.9. The van der Waals surface area contributed by atoms with Gasteiger partial charge in [-0.3, -0.25) is 9.10 Å². The van der Waals surface area contributed by atoms with E-state index in [2.05, 4.69) is 5.32 Å². The number of carbonyl (C=O) groups is 1. The third-order valence-electron chi connectivity index (χ3n) is 6.19. The Labute approximate surface area is 223 Å². The highest BCUT2D eigenvalue weighted by molar-refractivity contribution is 7.92. The van der Waals surface area contributed by atoms with Crippen LogP contribution < -0.4 is 15.4 Å². The molecule has 38 heavy (non-hydrogen) atoms. The molecule has 0 spiro atoms. The van der Waals surface area contributed by atoms with Crippen LogP contribution in [-0.4, -0.2) is 51.5 Å². The van der Waals surface area contributed by atoms with Crippen LogP contribution >= 0.6 is 0 Å². The van der Waals surface area contributed by atoms with Gasteiger partial charge in [0.2, 0.25) is 10.0 Å². The third kappa shape index (κ3) is 8.09. The predicted molar refractivity (Wildman–Crippen MR) is 146 cm³/mol. The number of amides is 1. The molecule has 0 radical (unpaired) electrons. The summed E-state index contributed by atoms with van der Waals surface area (Å²) in [5.74, 6) is -0.806. The van der Waals surface area contributed by atoms with E-state index in [0.29, 0.717) is 17.7 Å². The zero-order valence-corrected chi connectivity index (χ0v) is 22.5. The third-order valence-corrected chi connectivity index (χ3v) is 7.40. The first-order chi connectivity index (χ1) is 17.9. The maximum Gasteiger partial charge on any atom is 0.251 e. The van der Waals surface area contributed by atoms with Gasteiger partial charge in [0, 0.05) is 12.6 Å². The fourth-order valence-electron chi connectivity index (χ4n) is 3.90. The van der Waals surface area contributed by atoms with Crippen molar-refractivity contribution in [3.8, 4) is 0 Å². The first-order valence-electron chi connectivity index (χ1n) is 12.1. The van der Waals surface area contributed by atoms with Gasteiger partial charge in [0.05, 0.1) is 43.3 Å². The summed E-state index contributed by atoms with van der Waals surface area (Å²) in [4.78, 5) is 13.1. The van der Waals surface area contributed by atoms with Crippen LogP contribution in [-0.2, 0) is 27.8 Å². The number of hydrogen-bond donors (Lipinski definition) is 3. The van der Waals surface area contributed by atoms with Crippen molar-refractivity contribution in [2.45, 2.75) is 31.5 Å². The Morgan fingerprint density at radius 1 is 1.11 bits per heavy atom. The topological polar surface area (TPSA) is 122 Å². The van der Waals surface area contributed by atoms with E-state index in [1.165, 1.54) is 25.2 Å². The van der Waals surface area contributed by atoms with E-state index in [1.54, 1.807) is 31.2 Å². The first kappa shape index (κ1) is 29.2. The number of rotatable bonds is 12. The van der Waals surface area contributed by atoms with Crippen molar-refractivity contribution < 1.29 is 27.4 Å². The van der Waals surface area contributed by atoms with Crippen LogP contribution in [0.15, 0.2) is 72.8 Å². The highest BCUT2D eigenvalue weighted by Crippen LogP contribution is 2.23. The summed E-state index contributed by atoms with van der Waals surface area (Å²) in [5.41, 5.74) is 8.11. The van der Waals surface area contributed by atoms with Crippen LogP contribution in [0, 0.1) is 5.82 Å². The Morgan fingerprint density at radius 2 is 1.76 bits per heavy atom. The molecule has 4 N–H and O–H groups in total. The van der Waals surface area contributed by atoms with Gasteiger partial charge in [-0.05, 0) is 60.4 Å². The van der Waals surface area contributed by atoms with Gasteiger partial charge < -0.3 is 20.9 Å². The lowest BCUT2D eigenvalue weighted by atomic mass is 9.93. The van der Waals surface area contributed by atoms with Crippen LogP contribution in [0.2, 0.25) is 0 Å². The molecule has 0 aliphatic rings. The number of aliphatic hydroxyl groups is 1. The molecule has 0 fully saturated rings. The number of sulfonamides is 1. The summed E-state index contributed by atoms with van der Waals surface area (Å²) < 4.78 is 44.6. The molecular formula is C28H34FN3O5S. The maximum atomic E-state index is 13.3. The molecule has 0 aromatic heterocycles.